The first kappa shape index (κ1) is 9.43. The third kappa shape index (κ3) is 2.67. The summed E-state index contributed by atoms with van der Waals surface area (Å²) in [5, 5.41) is 2.05. The van der Waals surface area contributed by atoms with Gasteiger partial charge in [-0.2, -0.15) is 0 Å². The third-order valence-electron chi connectivity index (χ3n) is 0.857. The lowest BCUT2D eigenvalue weighted by Gasteiger charge is -1.80. The summed E-state index contributed by atoms with van der Waals surface area (Å²) in [5.41, 5.74) is 6.55. The Labute approximate surface area is 72.8 Å². The Morgan fingerprint density at radius 3 is 2.56 bits per heavy atom. The van der Waals surface area contributed by atoms with Crippen LogP contribution >= 0.6 is 39.7 Å². The number of hydrogen-bond acceptors (Lipinski definition) is 2. The molecule has 1 aromatic rings. The monoisotopic (exact) mass is 227 g/mol. The molecule has 0 amide bonds. The van der Waals surface area contributed by atoms with E-state index in [0.717, 1.165) is 3.79 Å². The molecule has 0 aliphatic carbocycles. The molecule has 0 spiro atoms. The van der Waals surface area contributed by atoms with Gasteiger partial charge in [0.05, 0.1) is 3.79 Å². The molecule has 0 aliphatic rings. The zero-order chi connectivity index (χ0) is 5.98. The molecule has 9 heavy (non-hydrogen) atoms. The molecule has 0 aromatic carbocycles. The Hall–Kier alpha value is 0.430. The fourth-order valence-corrected chi connectivity index (χ4v) is 1.67. The fourth-order valence-electron chi connectivity index (χ4n) is 0.453. The quantitative estimate of drug-likeness (QED) is 0.785. The minimum atomic E-state index is 0. The maximum absolute atomic E-state index is 5.35. The molecule has 1 nitrogen and oxygen atoms in total. The maximum atomic E-state index is 5.35. The predicted molar refractivity (Wildman–Crippen MR) is 47.2 cm³/mol. The molecular weight excluding hydrogens is 221 g/mol. The highest BCUT2D eigenvalue weighted by Crippen LogP contribution is 2.19. The molecule has 0 bridgehead atoms. The number of halogens is 2. The van der Waals surface area contributed by atoms with Crippen molar-refractivity contribution in [1.82, 2.24) is 0 Å². The van der Waals surface area contributed by atoms with Gasteiger partial charge < -0.3 is 5.73 Å². The first-order valence-corrected chi connectivity index (χ1v) is 3.93. The second-order valence-electron chi connectivity index (χ2n) is 1.46. The SMILES string of the molecule is Cl.NCc1csc(Br)c1. The molecular formula is C5H7BrClNS. The molecule has 0 fully saturated rings. The summed E-state index contributed by atoms with van der Waals surface area (Å²) in [6.45, 7) is 0.641. The van der Waals surface area contributed by atoms with E-state index in [1.165, 1.54) is 5.56 Å². The number of rotatable bonds is 1. The summed E-state index contributed by atoms with van der Waals surface area (Å²) >= 11 is 5.00. The van der Waals surface area contributed by atoms with Gasteiger partial charge in [0.15, 0.2) is 0 Å². The molecule has 1 heterocycles. The lowest BCUT2D eigenvalue weighted by Crippen LogP contribution is -1.92. The van der Waals surface area contributed by atoms with E-state index in [0.29, 0.717) is 6.54 Å². The lowest BCUT2D eigenvalue weighted by atomic mass is 10.4. The molecule has 0 unspecified atom stereocenters. The summed E-state index contributed by atoms with van der Waals surface area (Å²) < 4.78 is 1.15. The molecule has 1 aromatic heterocycles. The average molecular weight is 229 g/mol. The molecule has 52 valence electrons. The second-order valence-corrected chi connectivity index (χ2v) is 3.75. The van der Waals surface area contributed by atoms with Crippen molar-refractivity contribution in [1.29, 1.82) is 0 Å². The van der Waals surface area contributed by atoms with Crippen molar-refractivity contribution < 1.29 is 0 Å². The summed E-state index contributed by atoms with van der Waals surface area (Å²) in [6.07, 6.45) is 0. The highest BCUT2D eigenvalue weighted by molar-refractivity contribution is 9.11. The molecule has 1 rings (SSSR count). The van der Waals surface area contributed by atoms with Crippen molar-refractivity contribution in [2.75, 3.05) is 0 Å². The van der Waals surface area contributed by atoms with Crippen LogP contribution in [-0.2, 0) is 6.54 Å². The molecule has 0 aliphatic heterocycles. The van der Waals surface area contributed by atoms with Crippen LogP contribution in [0.15, 0.2) is 15.2 Å². The first-order valence-electron chi connectivity index (χ1n) is 2.26. The molecule has 0 saturated heterocycles. The van der Waals surface area contributed by atoms with E-state index in [-0.39, 0.29) is 12.4 Å². The number of thiophene rings is 1. The van der Waals surface area contributed by atoms with E-state index < -0.39 is 0 Å². The van der Waals surface area contributed by atoms with Gasteiger partial charge in [0.1, 0.15) is 0 Å². The Kier molecular flexibility index (Phi) is 4.48. The Balaban J connectivity index is 0.000000640. The standard InChI is InChI=1S/C5H6BrNS.ClH/c6-5-1-4(2-7)3-8-5;/h1,3H,2,7H2;1H. The van der Waals surface area contributed by atoms with Gasteiger partial charge in [0, 0.05) is 6.54 Å². The normalized spacial score (nSPS) is 8.67. The van der Waals surface area contributed by atoms with Crippen LogP contribution in [0, 0.1) is 0 Å². The summed E-state index contributed by atoms with van der Waals surface area (Å²) in [5.74, 6) is 0. The number of hydrogen-bond donors (Lipinski definition) is 1. The van der Waals surface area contributed by atoms with Gasteiger partial charge in [-0.3, -0.25) is 0 Å². The van der Waals surface area contributed by atoms with Crippen LogP contribution in [-0.4, -0.2) is 0 Å². The van der Waals surface area contributed by atoms with Gasteiger partial charge in [-0.15, -0.1) is 23.7 Å². The third-order valence-corrected chi connectivity index (χ3v) is 2.41. The molecule has 0 atom stereocenters. The van der Waals surface area contributed by atoms with E-state index in [4.69, 9.17) is 5.73 Å². The molecule has 4 heteroatoms. The molecule has 0 radical (unpaired) electrons. The first-order chi connectivity index (χ1) is 3.83. The van der Waals surface area contributed by atoms with Gasteiger partial charge in [0.2, 0.25) is 0 Å². The maximum Gasteiger partial charge on any atom is 0.0701 e. The van der Waals surface area contributed by atoms with Crippen molar-refractivity contribution >= 4 is 39.7 Å². The van der Waals surface area contributed by atoms with Crippen molar-refractivity contribution in [2.24, 2.45) is 5.73 Å². The minimum Gasteiger partial charge on any atom is -0.326 e. The van der Waals surface area contributed by atoms with Gasteiger partial charge in [0.25, 0.3) is 0 Å². The van der Waals surface area contributed by atoms with Gasteiger partial charge >= 0.3 is 0 Å². The topological polar surface area (TPSA) is 26.0 Å². The van der Waals surface area contributed by atoms with Crippen molar-refractivity contribution in [3.8, 4) is 0 Å². The van der Waals surface area contributed by atoms with E-state index in [9.17, 15) is 0 Å². The zero-order valence-electron chi connectivity index (χ0n) is 4.63. The molecule has 2 N–H and O–H groups in total. The largest absolute Gasteiger partial charge is 0.326 e. The summed E-state index contributed by atoms with van der Waals surface area (Å²) in [4.78, 5) is 0. The highest BCUT2D eigenvalue weighted by Gasteiger charge is 1.91. The summed E-state index contributed by atoms with van der Waals surface area (Å²) in [7, 11) is 0. The number of nitrogens with two attached hydrogens (primary N) is 1. The average Bonchev–Trinajstić information content (AvgIpc) is 2.14. The predicted octanol–water partition coefficient (Wildman–Crippen LogP) is 2.39. The van der Waals surface area contributed by atoms with E-state index in [2.05, 4.69) is 15.9 Å². The van der Waals surface area contributed by atoms with E-state index in [1.807, 2.05) is 11.4 Å². The van der Waals surface area contributed by atoms with Gasteiger partial charge in [-0.25, -0.2) is 0 Å². The highest BCUT2D eigenvalue weighted by atomic mass is 79.9. The van der Waals surface area contributed by atoms with Crippen LogP contribution < -0.4 is 5.73 Å². The van der Waals surface area contributed by atoms with Crippen LogP contribution in [0.2, 0.25) is 0 Å². The Bertz CT molecular complexity index is 177. The van der Waals surface area contributed by atoms with E-state index in [1.54, 1.807) is 11.3 Å². The second kappa shape index (κ2) is 4.28. The van der Waals surface area contributed by atoms with Gasteiger partial charge in [-0.05, 0) is 32.9 Å². The van der Waals surface area contributed by atoms with Gasteiger partial charge in [-0.1, -0.05) is 0 Å². The van der Waals surface area contributed by atoms with Crippen LogP contribution in [0.25, 0.3) is 0 Å². The van der Waals surface area contributed by atoms with Crippen LogP contribution in [0.4, 0.5) is 0 Å². The van der Waals surface area contributed by atoms with Crippen LogP contribution in [0.1, 0.15) is 5.56 Å². The van der Waals surface area contributed by atoms with Crippen LogP contribution in [0.5, 0.6) is 0 Å². The fraction of sp³-hybridized carbons (Fsp3) is 0.200. The van der Waals surface area contributed by atoms with E-state index >= 15 is 0 Å². The molecule has 0 saturated carbocycles. The van der Waals surface area contributed by atoms with Crippen molar-refractivity contribution in [3.05, 3.63) is 20.8 Å². The smallest absolute Gasteiger partial charge is 0.0701 e. The summed E-state index contributed by atoms with van der Waals surface area (Å²) in [6, 6.07) is 2.03. The van der Waals surface area contributed by atoms with Crippen LogP contribution in [0.3, 0.4) is 0 Å². The Morgan fingerprint density at radius 1 is 1.67 bits per heavy atom. The zero-order valence-corrected chi connectivity index (χ0v) is 7.85. The lowest BCUT2D eigenvalue weighted by molar-refractivity contribution is 1.08. The van der Waals surface area contributed by atoms with Crippen molar-refractivity contribution in [2.45, 2.75) is 6.54 Å². The Morgan fingerprint density at radius 2 is 2.33 bits per heavy atom. The minimum absolute atomic E-state index is 0. The van der Waals surface area contributed by atoms with Crippen molar-refractivity contribution in [3.63, 3.8) is 0 Å².